The highest BCUT2D eigenvalue weighted by atomic mass is 79.9. The summed E-state index contributed by atoms with van der Waals surface area (Å²) < 4.78 is 2.76. The molecule has 0 unspecified atom stereocenters. The van der Waals surface area contributed by atoms with Gasteiger partial charge in [-0.15, -0.1) is 0 Å². The van der Waals surface area contributed by atoms with Gasteiger partial charge in [-0.3, -0.25) is 0 Å². The summed E-state index contributed by atoms with van der Waals surface area (Å²) in [5.41, 5.74) is 0. The average molecular weight is 233 g/mol. The number of halogens is 1. The fourth-order valence-electron chi connectivity index (χ4n) is 0.905. The fraction of sp³-hybridized carbons (Fsp3) is 0.375. The average Bonchev–Trinajstić information content (AvgIpc) is 2.04. The first-order valence-corrected chi connectivity index (χ1v) is 4.45. The van der Waals surface area contributed by atoms with Gasteiger partial charge >= 0.3 is 0 Å². The van der Waals surface area contributed by atoms with Gasteiger partial charge in [-0.2, -0.15) is 0 Å². The molecule has 0 bridgehead atoms. The van der Waals surface area contributed by atoms with Crippen LogP contribution in [0.25, 0.3) is 0 Å². The molecule has 0 amide bonds. The molecule has 0 aliphatic heterocycles. The van der Waals surface area contributed by atoms with Crippen LogP contribution in [0.2, 0.25) is 0 Å². The predicted molar refractivity (Wildman–Crippen MR) is 47.4 cm³/mol. The Bertz CT molecular complexity index is 255. The summed E-state index contributed by atoms with van der Waals surface area (Å²) in [6, 6.07) is 3.77. The van der Waals surface area contributed by atoms with Crippen LogP contribution in [0.1, 0.15) is 0 Å². The van der Waals surface area contributed by atoms with E-state index in [0.29, 0.717) is 6.54 Å². The van der Waals surface area contributed by atoms with Crippen LogP contribution in [0.5, 0.6) is 0 Å². The Hall–Kier alpha value is -0.450. The maximum absolute atomic E-state index is 9.12. The van der Waals surface area contributed by atoms with Crippen LogP contribution < -0.4 is 4.57 Å². The van der Waals surface area contributed by atoms with Crippen LogP contribution in [0.3, 0.4) is 0 Å². The minimum absolute atomic E-state index is 0.209. The van der Waals surface area contributed by atoms with Gasteiger partial charge in [-0.05, 0) is 22.0 Å². The summed E-state index contributed by atoms with van der Waals surface area (Å²) in [4.78, 5) is 0. The van der Waals surface area contributed by atoms with Gasteiger partial charge in [0, 0.05) is 6.07 Å². The van der Waals surface area contributed by atoms with Crippen LogP contribution in [-0.2, 0) is 6.54 Å². The standard InChI is InChI=1S/C8H11BrNO2/c9-7-2-1-3-10(4-7)5-8(12)6-11/h1-4,8,11-12H,5-6H2/q+1/t8-/m1/s1. The third-order valence-corrected chi connectivity index (χ3v) is 1.92. The van der Waals surface area contributed by atoms with E-state index >= 15 is 0 Å². The topological polar surface area (TPSA) is 44.3 Å². The van der Waals surface area contributed by atoms with E-state index in [1.54, 1.807) is 0 Å². The van der Waals surface area contributed by atoms with Crippen LogP contribution in [0.4, 0.5) is 0 Å². The zero-order valence-corrected chi connectivity index (χ0v) is 8.11. The van der Waals surface area contributed by atoms with Crippen LogP contribution in [-0.4, -0.2) is 22.9 Å². The van der Waals surface area contributed by atoms with Gasteiger partial charge in [-0.1, -0.05) is 0 Å². The Balaban J connectivity index is 2.63. The molecule has 0 saturated carbocycles. The molecule has 3 nitrogen and oxygen atoms in total. The van der Waals surface area contributed by atoms with E-state index in [1.165, 1.54) is 0 Å². The van der Waals surface area contributed by atoms with E-state index in [2.05, 4.69) is 15.9 Å². The number of nitrogens with zero attached hydrogens (tertiary/aromatic N) is 1. The quantitative estimate of drug-likeness (QED) is 0.726. The van der Waals surface area contributed by atoms with Crippen molar-refractivity contribution in [3.05, 3.63) is 29.0 Å². The third kappa shape index (κ3) is 2.89. The van der Waals surface area contributed by atoms with Crippen molar-refractivity contribution in [2.24, 2.45) is 0 Å². The first kappa shape index (κ1) is 9.64. The Morgan fingerprint density at radius 1 is 1.58 bits per heavy atom. The highest BCUT2D eigenvalue weighted by molar-refractivity contribution is 9.10. The van der Waals surface area contributed by atoms with Crippen LogP contribution in [0.15, 0.2) is 29.0 Å². The normalized spacial score (nSPS) is 12.9. The summed E-state index contributed by atoms with van der Waals surface area (Å²) in [6.45, 7) is 0.204. The number of aliphatic hydroxyl groups excluding tert-OH is 2. The molecule has 1 aromatic rings. The second kappa shape index (κ2) is 4.54. The van der Waals surface area contributed by atoms with E-state index in [0.717, 1.165) is 4.47 Å². The lowest BCUT2D eigenvalue weighted by Crippen LogP contribution is -2.40. The number of aromatic nitrogens is 1. The Morgan fingerprint density at radius 3 is 2.92 bits per heavy atom. The van der Waals surface area contributed by atoms with Gasteiger partial charge in [0.15, 0.2) is 18.9 Å². The monoisotopic (exact) mass is 232 g/mol. The molecule has 1 atom stereocenters. The number of rotatable bonds is 3. The molecule has 2 N–H and O–H groups in total. The highest BCUT2D eigenvalue weighted by Crippen LogP contribution is 2.03. The maximum atomic E-state index is 9.12. The summed E-state index contributed by atoms with van der Waals surface area (Å²) in [6.07, 6.45) is 2.99. The van der Waals surface area contributed by atoms with Gasteiger partial charge in [-0.25, -0.2) is 4.57 Å². The molecule has 0 saturated heterocycles. The minimum Gasteiger partial charge on any atom is -0.393 e. The number of aliphatic hydroxyl groups is 2. The molecule has 0 fully saturated rings. The molecule has 1 rings (SSSR count). The van der Waals surface area contributed by atoms with Crippen molar-refractivity contribution in [2.45, 2.75) is 12.6 Å². The Morgan fingerprint density at radius 2 is 2.33 bits per heavy atom. The molecular weight excluding hydrogens is 222 g/mol. The van der Waals surface area contributed by atoms with E-state index < -0.39 is 6.10 Å². The number of hydrogen-bond acceptors (Lipinski definition) is 2. The summed E-state index contributed by atoms with van der Waals surface area (Å²) in [5, 5.41) is 17.7. The molecule has 1 heterocycles. The van der Waals surface area contributed by atoms with E-state index in [9.17, 15) is 0 Å². The Labute approximate surface area is 79.4 Å². The molecular formula is C8H11BrNO2+. The lowest BCUT2D eigenvalue weighted by atomic mass is 10.3. The maximum Gasteiger partial charge on any atom is 0.183 e. The van der Waals surface area contributed by atoms with E-state index in [4.69, 9.17) is 10.2 Å². The smallest absolute Gasteiger partial charge is 0.183 e. The molecule has 0 spiro atoms. The van der Waals surface area contributed by atoms with Crippen molar-refractivity contribution >= 4 is 15.9 Å². The summed E-state index contributed by atoms with van der Waals surface area (Å²) in [7, 11) is 0. The lowest BCUT2D eigenvalue weighted by Gasteiger charge is -2.01. The zero-order valence-electron chi connectivity index (χ0n) is 6.52. The Kier molecular flexibility index (Phi) is 3.65. The summed E-state index contributed by atoms with van der Waals surface area (Å²) >= 11 is 3.31. The molecule has 1 aromatic heterocycles. The van der Waals surface area contributed by atoms with Crippen molar-refractivity contribution < 1.29 is 14.8 Å². The van der Waals surface area contributed by atoms with Crippen LogP contribution in [0, 0.1) is 0 Å². The van der Waals surface area contributed by atoms with Crippen molar-refractivity contribution in [1.82, 2.24) is 0 Å². The minimum atomic E-state index is -0.690. The lowest BCUT2D eigenvalue weighted by molar-refractivity contribution is -0.704. The van der Waals surface area contributed by atoms with Gasteiger partial charge in [0.2, 0.25) is 0 Å². The van der Waals surface area contributed by atoms with E-state index in [1.807, 2.05) is 29.1 Å². The molecule has 12 heavy (non-hydrogen) atoms. The molecule has 66 valence electrons. The van der Waals surface area contributed by atoms with Crippen molar-refractivity contribution in [2.75, 3.05) is 6.61 Å². The summed E-state index contributed by atoms with van der Waals surface area (Å²) in [5.74, 6) is 0. The first-order chi connectivity index (χ1) is 5.72. The highest BCUT2D eigenvalue weighted by Gasteiger charge is 2.08. The molecule has 0 aliphatic carbocycles. The van der Waals surface area contributed by atoms with Gasteiger partial charge in [0.1, 0.15) is 6.10 Å². The second-order valence-electron chi connectivity index (χ2n) is 2.56. The second-order valence-corrected chi connectivity index (χ2v) is 3.47. The third-order valence-electron chi connectivity index (χ3n) is 1.45. The zero-order chi connectivity index (χ0) is 8.97. The predicted octanol–water partition coefficient (Wildman–Crippen LogP) is 0.0898. The molecule has 0 radical (unpaired) electrons. The van der Waals surface area contributed by atoms with Gasteiger partial charge in [0.05, 0.1) is 11.1 Å². The van der Waals surface area contributed by atoms with Gasteiger partial charge in [0.25, 0.3) is 0 Å². The fourth-order valence-corrected chi connectivity index (χ4v) is 1.32. The SMILES string of the molecule is OC[C@H](O)C[n+]1cccc(Br)c1. The van der Waals surface area contributed by atoms with Gasteiger partial charge < -0.3 is 10.2 Å². The number of pyridine rings is 1. The first-order valence-electron chi connectivity index (χ1n) is 3.66. The van der Waals surface area contributed by atoms with Crippen molar-refractivity contribution in [3.8, 4) is 0 Å². The molecule has 0 aliphatic rings. The number of hydrogen-bond donors (Lipinski definition) is 2. The van der Waals surface area contributed by atoms with Crippen molar-refractivity contribution in [1.29, 1.82) is 0 Å². The largest absolute Gasteiger partial charge is 0.393 e. The molecule has 4 heteroatoms. The van der Waals surface area contributed by atoms with Crippen LogP contribution >= 0.6 is 15.9 Å². The van der Waals surface area contributed by atoms with E-state index in [-0.39, 0.29) is 6.61 Å². The molecule has 0 aromatic carbocycles. The van der Waals surface area contributed by atoms with Crippen molar-refractivity contribution in [3.63, 3.8) is 0 Å².